The zero-order valence-electron chi connectivity index (χ0n) is 10.6. The van der Waals surface area contributed by atoms with Gasteiger partial charge in [-0.15, -0.1) is 0 Å². The van der Waals surface area contributed by atoms with E-state index in [0.717, 1.165) is 5.56 Å². The molecule has 0 aliphatic heterocycles. The lowest BCUT2D eigenvalue weighted by Crippen LogP contribution is -2.54. The van der Waals surface area contributed by atoms with E-state index in [-0.39, 0.29) is 6.61 Å². The summed E-state index contributed by atoms with van der Waals surface area (Å²) in [6.45, 7) is 3.44. The van der Waals surface area contributed by atoms with Gasteiger partial charge in [-0.25, -0.2) is 4.79 Å². The number of aliphatic hydroxyl groups is 2. The van der Waals surface area contributed by atoms with Crippen LogP contribution in [0.25, 0.3) is 0 Å². The van der Waals surface area contributed by atoms with Gasteiger partial charge in [-0.2, -0.15) is 0 Å². The summed E-state index contributed by atoms with van der Waals surface area (Å²) in [5.41, 5.74) is -0.233. The summed E-state index contributed by atoms with van der Waals surface area (Å²) < 4.78 is 5.00. The van der Waals surface area contributed by atoms with E-state index >= 15 is 0 Å². The summed E-state index contributed by atoms with van der Waals surface area (Å²) in [4.78, 5) is 11.5. The number of nitrogens with one attached hydrogen (secondary N) is 1. The summed E-state index contributed by atoms with van der Waals surface area (Å²) in [6, 6.07) is 9.26. The highest BCUT2D eigenvalue weighted by Crippen LogP contribution is 2.13. The Morgan fingerprint density at radius 2 is 2.00 bits per heavy atom. The zero-order valence-corrected chi connectivity index (χ0v) is 10.6. The molecule has 0 spiro atoms. The largest absolute Gasteiger partial charge is 0.445 e. The Balaban J connectivity index is 2.47. The Hall–Kier alpha value is -1.59. The molecule has 5 nitrogen and oxygen atoms in total. The van der Waals surface area contributed by atoms with Crippen LogP contribution in [-0.2, 0) is 11.3 Å². The number of hydrogen-bond acceptors (Lipinski definition) is 4. The van der Waals surface area contributed by atoms with E-state index in [4.69, 9.17) is 4.74 Å². The third-order valence-electron chi connectivity index (χ3n) is 2.90. The highest BCUT2D eigenvalue weighted by atomic mass is 16.5. The van der Waals surface area contributed by atoms with Crippen molar-refractivity contribution in [1.29, 1.82) is 0 Å². The number of benzene rings is 1. The molecule has 0 saturated carbocycles. The van der Waals surface area contributed by atoms with Gasteiger partial charge >= 0.3 is 6.09 Å². The Morgan fingerprint density at radius 3 is 2.50 bits per heavy atom. The standard InChI is InChI=1S/C13H19NO4/c1-3-13(2,11(15)16)14-12(17)18-9-10-7-5-4-6-8-10/h4-8,11,15-16H,3,9H2,1-2H3,(H,14,17). The number of carbonyl (C=O) groups is 1. The van der Waals surface area contributed by atoms with Crippen LogP contribution >= 0.6 is 0 Å². The molecule has 0 aromatic heterocycles. The van der Waals surface area contributed by atoms with Gasteiger partial charge in [0.05, 0.1) is 5.54 Å². The second-order valence-electron chi connectivity index (χ2n) is 4.33. The van der Waals surface area contributed by atoms with Crippen molar-refractivity contribution in [3.63, 3.8) is 0 Å². The van der Waals surface area contributed by atoms with Crippen molar-refractivity contribution in [1.82, 2.24) is 5.32 Å². The predicted molar refractivity (Wildman–Crippen MR) is 66.7 cm³/mol. The summed E-state index contributed by atoms with van der Waals surface area (Å²) in [6.07, 6.45) is -1.92. The van der Waals surface area contributed by atoms with Gasteiger partial charge in [0.1, 0.15) is 6.61 Å². The quantitative estimate of drug-likeness (QED) is 0.693. The van der Waals surface area contributed by atoms with Crippen molar-refractivity contribution in [2.75, 3.05) is 0 Å². The third kappa shape index (κ3) is 4.01. The van der Waals surface area contributed by atoms with Crippen LogP contribution in [0.1, 0.15) is 25.8 Å². The first-order chi connectivity index (χ1) is 8.48. The van der Waals surface area contributed by atoms with E-state index in [1.807, 2.05) is 30.3 Å². The highest BCUT2D eigenvalue weighted by Gasteiger charge is 2.32. The maximum atomic E-state index is 11.5. The molecule has 0 saturated heterocycles. The number of alkyl carbamates (subject to hydrolysis) is 1. The normalized spacial score (nSPS) is 14.1. The Bertz CT molecular complexity index is 380. The number of hydrogen-bond donors (Lipinski definition) is 3. The van der Waals surface area contributed by atoms with Crippen molar-refractivity contribution in [3.8, 4) is 0 Å². The third-order valence-corrected chi connectivity index (χ3v) is 2.90. The minimum atomic E-state index is -1.63. The molecule has 100 valence electrons. The fraction of sp³-hybridized carbons (Fsp3) is 0.462. The molecule has 5 heteroatoms. The molecule has 18 heavy (non-hydrogen) atoms. The lowest BCUT2D eigenvalue weighted by atomic mass is 9.99. The van der Waals surface area contributed by atoms with Crippen LogP contribution in [0.2, 0.25) is 0 Å². The molecular formula is C13H19NO4. The Morgan fingerprint density at radius 1 is 1.39 bits per heavy atom. The topological polar surface area (TPSA) is 78.8 Å². The van der Waals surface area contributed by atoms with E-state index in [0.29, 0.717) is 6.42 Å². The van der Waals surface area contributed by atoms with Gasteiger partial charge in [-0.1, -0.05) is 37.3 Å². The minimum Gasteiger partial charge on any atom is -0.445 e. The summed E-state index contributed by atoms with van der Waals surface area (Å²) >= 11 is 0. The van der Waals surface area contributed by atoms with Gasteiger partial charge in [-0.3, -0.25) is 0 Å². The first kappa shape index (κ1) is 14.5. The van der Waals surface area contributed by atoms with Gasteiger partial charge in [0.2, 0.25) is 0 Å². The lowest BCUT2D eigenvalue weighted by molar-refractivity contribution is -0.102. The number of aliphatic hydroxyl groups excluding tert-OH is 1. The van der Waals surface area contributed by atoms with E-state index in [2.05, 4.69) is 5.32 Å². The molecular weight excluding hydrogens is 234 g/mol. The second-order valence-corrected chi connectivity index (χ2v) is 4.33. The molecule has 1 rings (SSSR count). The maximum absolute atomic E-state index is 11.5. The lowest BCUT2D eigenvalue weighted by Gasteiger charge is -2.30. The average Bonchev–Trinajstić information content (AvgIpc) is 2.37. The summed E-state index contributed by atoms with van der Waals surface area (Å²) in [7, 11) is 0. The van der Waals surface area contributed by atoms with Crippen molar-refractivity contribution in [2.24, 2.45) is 0 Å². The second kappa shape index (κ2) is 6.37. The van der Waals surface area contributed by atoms with E-state index in [9.17, 15) is 15.0 Å². The van der Waals surface area contributed by atoms with Crippen molar-refractivity contribution in [3.05, 3.63) is 35.9 Å². The fourth-order valence-electron chi connectivity index (χ4n) is 1.33. The van der Waals surface area contributed by atoms with Crippen LogP contribution < -0.4 is 5.32 Å². The Kier molecular flexibility index (Phi) is 5.12. The number of rotatable bonds is 5. The average molecular weight is 253 g/mol. The zero-order chi connectivity index (χ0) is 13.6. The molecule has 1 amide bonds. The van der Waals surface area contributed by atoms with Gasteiger partial charge in [0, 0.05) is 0 Å². The monoisotopic (exact) mass is 253 g/mol. The smallest absolute Gasteiger partial charge is 0.408 e. The van der Waals surface area contributed by atoms with E-state index in [1.165, 1.54) is 0 Å². The molecule has 0 aliphatic rings. The molecule has 0 heterocycles. The van der Waals surface area contributed by atoms with Gasteiger partial charge < -0.3 is 20.3 Å². The molecule has 1 aromatic carbocycles. The van der Waals surface area contributed by atoms with Crippen molar-refractivity contribution >= 4 is 6.09 Å². The summed E-state index contributed by atoms with van der Waals surface area (Å²) in [5.74, 6) is 0. The predicted octanol–water partition coefficient (Wildman–Crippen LogP) is 1.39. The first-order valence-electron chi connectivity index (χ1n) is 5.83. The van der Waals surface area contributed by atoms with Crippen LogP contribution in [0.5, 0.6) is 0 Å². The summed E-state index contributed by atoms with van der Waals surface area (Å²) in [5, 5.41) is 20.8. The molecule has 1 aromatic rings. The van der Waals surface area contributed by atoms with Crippen molar-refractivity contribution < 1.29 is 19.7 Å². The molecule has 1 atom stereocenters. The van der Waals surface area contributed by atoms with E-state index < -0.39 is 17.9 Å². The van der Waals surface area contributed by atoms with E-state index in [1.54, 1.807) is 13.8 Å². The van der Waals surface area contributed by atoms with Crippen LogP contribution in [0, 0.1) is 0 Å². The van der Waals surface area contributed by atoms with Crippen LogP contribution in [0.4, 0.5) is 4.79 Å². The number of amides is 1. The molecule has 0 aliphatic carbocycles. The maximum Gasteiger partial charge on any atom is 0.408 e. The van der Waals surface area contributed by atoms with Crippen LogP contribution in [0.3, 0.4) is 0 Å². The Labute approximate surface area is 106 Å². The molecule has 1 unspecified atom stereocenters. The molecule has 0 radical (unpaired) electrons. The SMILES string of the molecule is CCC(C)(NC(=O)OCc1ccccc1)C(O)O. The highest BCUT2D eigenvalue weighted by molar-refractivity contribution is 5.68. The van der Waals surface area contributed by atoms with Crippen LogP contribution in [-0.4, -0.2) is 28.1 Å². The molecule has 3 N–H and O–H groups in total. The van der Waals surface area contributed by atoms with Crippen molar-refractivity contribution in [2.45, 2.75) is 38.7 Å². The molecule has 0 fully saturated rings. The number of carbonyl (C=O) groups excluding carboxylic acids is 1. The van der Waals surface area contributed by atoms with Crippen LogP contribution in [0.15, 0.2) is 30.3 Å². The fourth-order valence-corrected chi connectivity index (χ4v) is 1.33. The van der Waals surface area contributed by atoms with Gasteiger partial charge in [0.15, 0.2) is 6.29 Å². The van der Waals surface area contributed by atoms with Gasteiger partial charge in [0.25, 0.3) is 0 Å². The first-order valence-corrected chi connectivity index (χ1v) is 5.83. The molecule has 0 bridgehead atoms. The van der Waals surface area contributed by atoms with Gasteiger partial charge in [-0.05, 0) is 18.9 Å². The minimum absolute atomic E-state index is 0.147. The number of ether oxygens (including phenoxy) is 1.